The Labute approximate surface area is 264 Å². The smallest absolute Gasteiger partial charge is 0.382 e. The van der Waals surface area contributed by atoms with Crippen molar-refractivity contribution in [1.82, 2.24) is 39.0 Å². The van der Waals surface area contributed by atoms with Gasteiger partial charge in [0.15, 0.2) is 47.4 Å². The van der Waals surface area contributed by atoms with Crippen LogP contribution in [-0.4, -0.2) is 88.2 Å². The highest BCUT2D eigenvalue weighted by molar-refractivity contribution is 8.84. The van der Waals surface area contributed by atoms with Gasteiger partial charge in [-0.15, -0.1) is 0 Å². The summed E-state index contributed by atoms with van der Waals surface area (Å²) in [5.41, 5.74) is 11.0. The Morgan fingerprint density at radius 3 is 2.40 bits per heavy atom. The number of rotatable bonds is 2. The van der Waals surface area contributed by atoms with Gasteiger partial charge < -0.3 is 25.5 Å². The predicted molar refractivity (Wildman–Crippen MR) is 161 cm³/mol. The molecule has 4 aromatic rings. The van der Waals surface area contributed by atoms with E-state index in [4.69, 9.17) is 34.5 Å². The zero-order valence-electron chi connectivity index (χ0n) is 22.3. The fourth-order valence-corrected chi connectivity index (χ4v) is 11.1. The molecular weight excluding hydrogens is 704 g/mol. The third-order valence-electron chi connectivity index (χ3n) is 7.23. The fraction of sp³-hybridized carbons (Fsp3) is 0.500. The topological polar surface area (TPSA) is 239 Å². The van der Waals surface area contributed by atoms with E-state index >= 15 is 8.78 Å². The third-order valence-corrected chi connectivity index (χ3v) is 13.4. The van der Waals surface area contributed by atoms with Crippen LogP contribution in [0, 0.1) is 0 Å². The molecule has 0 aromatic carbocycles. The second-order valence-electron chi connectivity index (χ2n) is 10.0. The molecule has 18 nitrogen and oxygen atoms in total. The first-order valence-electron chi connectivity index (χ1n) is 12.9. The van der Waals surface area contributed by atoms with Crippen molar-refractivity contribution in [2.45, 2.75) is 48.4 Å². The van der Waals surface area contributed by atoms with E-state index in [9.17, 15) is 13.9 Å². The van der Waals surface area contributed by atoms with Crippen LogP contribution in [0.3, 0.4) is 0 Å². The summed E-state index contributed by atoms with van der Waals surface area (Å²) in [6.45, 7) is -5.70. The first-order valence-corrected chi connectivity index (χ1v) is 19.8. The average Bonchev–Trinajstić information content (AvgIpc) is 3.72. The number of nitrogen functional groups attached to an aromatic ring is 2. The number of nitrogens with zero attached hydrogens (tertiary/aromatic N) is 7. The van der Waals surface area contributed by atoms with E-state index in [2.05, 4.69) is 54.4 Å². The van der Waals surface area contributed by atoms with Gasteiger partial charge in [0.05, 0.1) is 37.2 Å². The summed E-state index contributed by atoms with van der Waals surface area (Å²) < 4.78 is 89.6. The number of hydrogen-bond donors (Lipinski definition) is 5. The lowest BCUT2D eigenvalue weighted by molar-refractivity contribution is -0.0466. The molecule has 0 amide bonds. The minimum atomic E-state index is -4.45. The van der Waals surface area contributed by atoms with E-state index in [1.54, 1.807) is 0 Å². The second kappa shape index (κ2) is 11.4. The van der Waals surface area contributed by atoms with Crippen molar-refractivity contribution >= 4 is 82.5 Å². The number of nitrogens with one attached hydrogen (secondary N) is 1. The Morgan fingerprint density at radius 1 is 0.933 bits per heavy atom. The van der Waals surface area contributed by atoms with Crippen molar-refractivity contribution in [3.63, 3.8) is 0 Å². The quantitative estimate of drug-likeness (QED) is 0.147. The van der Waals surface area contributed by atoms with Crippen LogP contribution in [0.15, 0.2) is 23.8 Å². The Hall–Kier alpha value is -2.33. The molecule has 3 fully saturated rings. The minimum absolute atomic E-state index is 0.0601. The first-order chi connectivity index (χ1) is 21.3. The van der Waals surface area contributed by atoms with Crippen molar-refractivity contribution in [1.29, 1.82) is 0 Å². The molecule has 0 spiro atoms. The summed E-state index contributed by atoms with van der Waals surface area (Å²) in [6, 6.07) is 0. The molecule has 7 heterocycles. The minimum Gasteiger partial charge on any atom is -0.382 e. The Balaban J connectivity index is 1.21. The number of thiol groups is 2. The highest BCUT2D eigenvalue weighted by atomic mass is 33.1. The molecule has 45 heavy (non-hydrogen) atoms. The molecule has 3 aliphatic rings. The number of imidazole rings is 2. The molecule has 7 rings (SSSR count). The highest BCUT2D eigenvalue weighted by Gasteiger charge is 2.54. The molecule has 5 N–H and O–H groups in total. The fourth-order valence-electron chi connectivity index (χ4n) is 5.23. The van der Waals surface area contributed by atoms with Gasteiger partial charge in [0.2, 0.25) is 5.95 Å². The number of anilines is 2. The summed E-state index contributed by atoms with van der Waals surface area (Å²) in [7, 11) is 0. The molecule has 0 saturated carbocycles. The van der Waals surface area contributed by atoms with Crippen LogP contribution < -0.4 is 17.0 Å². The maximum absolute atomic E-state index is 16.1. The molecule has 2 bridgehead atoms. The molecule has 4 aromatic heterocycles. The van der Waals surface area contributed by atoms with E-state index < -0.39 is 79.7 Å². The van der Waals surface area contributed by atoms with Crippen molar-refractivity contribution < 1.29 is 41.0 Å². The monoisotopic (exact) mass is 726 g/mol. The Kier molecular flexibility index (Phi) is 7.94. The SMILES string of the molecule is Nc1nc2c(ncn2[C@@H]2O[C@@H]3COP(=O)(S)S[C@H]4[C@@H](F)[C@H](n5cnc6c(N)ncnc65)O[C@@H]4COP(=O)(S)O[C@H]2[C@H]3F)c(=O)[nH]1. The van der Waals surface area contributed by atoms with Gasteiger partial charge in [-0.25, -0.2) is 33.3 Å². The van der Waals surface area contributed by atoms with E-state index in [1.807, 2.05) is 0 Å². The summed E-state index contributed by atoms with van der Waals surface area (Å²) in [4.78, 5) is 34.7. The van der Waals surface area contributed by atoms with E-state index in [0.29, 0.717) is 11.4 Å². The number of hydrogen-bond acceptors (Lipinski definition) is 16. The summed E-state index contributed by atoms with van der Waals surface area (Å²) in [5, 5.41) is -1.26. The molecule has 25 heteroatoms. The number of H-pyrrole nitrogens is 1. The van der Waals surface area contributed by atoms with Crippen molar-refractivity contribution in [3.05, 3.63) is 29.3 Å². The van der Waals surface area contributed by atoms with Crippen LogP contribution in [0.1, 0.15) is 12.5 Å². The van der Waals surface area contributed by atoms with Crippen molar-refractivity contribution in [3.8, 4) is 0 Å². The van der Waals surface area contributed by atoms with Crippen molar-refractivity contribution in [2.24, 2.45) is 0 Å². The van der Waals surface area contributed by atoms with Gasteiger partial charge in [-0.05, 0) is 11.4 Å². The number of aromatic nitrogens is 8. The maximum atomic E-state index is 16.1. The molecule has 3 aliphatic heterocycles. The van der Waals surface area contributed by atoms with Gasteiger partial charge in [0, 0.05) is 0 Å². The standard InChI is InChI=1S/C20H22F2N10O8P2S3/c21-8-6-1-37-42(35,44)45-13-7(39-18(9(13)22)31-4-27-10-14(23)25-3-26-15(10)31)2-36-41(34,43)40-12(8)19(38-6)32-5-28-11-16(32)29-20(24)30-17(11)33/h3-9,12-13,18-19H,1-2H2,(H,34,43)(H,35,44)(H2,23,25,26)(H3,24,29,30,33)/t6-,7-,8+,9-,12+,13-,18-,19-,41?,42?/m1/s1. The van der Waals surface area contributed by atoms with Gasteiger partial charge in [0.25, 0.3) is 5.56 Å². The number of ether oxygens (including phenoxy) is 2. The number of nitrogens with two attached hydrogens (primary N) is 2. The zero-order chi connectivity index (χ0) is 31.8. The molecular formula is C20H22F2N10O8P2S3. The van der Waals surface area contributed by atoms with Gasteiger partial charge in [-0.2, -0.15) is 4.98 Å². The van der Waals surface area contributed by atoms with E-state index in [-0.39, 0.29) is 34.1 Å². The van der Waals surface area contributed by atoms with Crippen LogP contribution in [-0.2, 0) is 32.2 Å². The Morgan fingerprint density at radius 2 is 1.62 bits per heavy atom. The number of alkyl halides is 2. The first kappa shape index (κ1) is 31.3. The average molecular weight is 727 g/mol. The van der Waals surface area contributed by atoms with Crippen LogP contribution in [0.4, 0.5) is 20.5 Å². The van der Waals surface area contributed by atoms with Gasteiger partial charge >= 0.3 is 12.6 Å². The lowest BCUT2D eigenvalue weighted by Gasteiger charge is -2.25. The second-order valence-corrected chi connectivity index (χ2v) is 19.3. The molecule has 0 radical (unpaired) electrons. The highest BCUT2D eigenvalue weighted by Crippen LogP contribution is 2.68. The molecule has 10 atom stereocenters. The van der Waals surface area contributed by atoms with Gasteiger partial charge in [-0.3, -0.25) is 32.5 Å². The molecule has 242 valence electrons. The van der Waals surface area contributed by atoms with Crippen molar-refractivity contribution in [2.75, 3.05) is 24.7 Å². The maximum Gasteiger partial charge on any atom is 0.386 e. The number of fused-ring (bicyclic) bond motifs is 5. The van der Waals surface area contributed by atoms with E-state index in [0.717, 1.165) is 10.9 Å². The summed E-state index contributed by atoms with van der Waals surface area (Å²) in [6.07, 6.45) is -7.58. The number of halogens is 2. The van der Waals surface area contributed by atoms with E-state index in [1.165, 1.54) is 17.2 Å². The summed E-state index contributed by atoms with van der Waals surface area (Å²) >= 11 is 8.66. The number of aromatic amines is 1. The van der Waals surface area contributed by atoms with Crippen LogP contribution in [0.25, 0.3) is 22.3 Å². The predicted octanol–water partition coefficient (Wildman–Crippen LogP) is 2.20. The normalized spacial score (nSPS) is 37.7. The Bertz CT molecular complexity index is 1950. The van der Waals surface area contributed by atoms with Gasteiger partial charge in [0.1, 0.15) is 24.1 Å². The van der Waals surface area contributed by atoms with Crippen LogP contribution >= 0.6 is 48.4 Å². The molecule has 3 saturated heterocycles. The van der Waals surface area contributed by atoms with Crippen LogP contribution in [0.2, 0.25) is 0 Å². The lowest BCUT2D eigenvalue weighted by atomic mass is 10.1. The van der Waals surface area contributed by atoms with Crippen LogP contribution in [0.5, 0.6) is 0 Å². The lowest BCUT2D eigenvalue weighted by Crippen LogP contribution is -2.32. The largest absolute Gasteiger partial charge is 0.386 e. The molecule has 2 unspecified atom stereocenters. The summed E-state index contributed by atoms with van der Waals surface area (Å²) in [5.74, 6) is -4.24. The van der Waals surface area contributed by atoms with Gasteiger partial charge in [-0.1, -0.05) is 24.5 Å². The molecule has 0 aliphatic carbocycles. The zero-order valence-corrected chi connectivity index (χ0v) is 26.7. The third kappa shape index (κ3) is 5.66.